The van der Waals surface area contributed by atoms with Gasteiger partial charge in [0.25, 0.3) is 0 Å². The highest BCUT2D eigenvalue weighted by molar-refractivity contribution is 6.27. The number of aryl methyl sites for hydroxylation is 1. The van der Waals surface area contributed by atoms with Crippen LogP contribution < -0.4 is 0 Å². The van der Waals surface area contributed by atoms with Crippen LogP contribution in [-0.2, 0) is 0 Å². The molecule has 4 heteroatoms. The number of aromatic amines is 2. The van der Waals surface area contributed by atoms with E-state index in [1.807, 2.05) is 68.5 Å². The molecule has 0 amide bonds. The first-order valence-electron chi connectivity index (χ1n) is 18.1. The number of benzene rings is 6. The molecule has 0 aliphatic carbocycles. The Kier molecular flexibility index (Phi) is 10.1. The van der Waals surface area contributed by atoms with E-state index < -0.39 is 0 Å². The summed E-state index contributed by atoms with van der Waals surface area (Å²) in [6, 6.07) is 44.4. The average Bonchev–Trinajstić information content (AvgIpc) is 3.95. The molecule has 53 heavy (non-hydrogen) atoms. The molecule has 0 aliphatic rings. The van der Waals surface area contributed by atoms with Crippen LogP contribution in [0.3, 0.4) is 0 Å². The summed E-state index contributed by atoms with van der Waals surface area (Å²) in [4.78, 5) is 7.13. The SMILES string of the molecule is C=CC.C=CC=C(C)CC.Cc1cc2ccccc2o1.c1ccc2c(c1)[nH]c1ccc(-c3ccc4[nH]c5ccc6oc7ccccc7c6c5c4c3)cc12. The molecule has 6 aromatic carbocycles. The van der Waals surface area contributed by atoms with Crippen LogP contribution in [0, 0.1) is 6.92 Å². The first kappa shape index (κ1) is 34.9. The van der Waals surface area contributed by atoms with Gasteiger partial charge < -0.3 is 18.8 Å². The van der Waals surface area contributed by atoms with Gasteiger partial charge in [-0.05, 0) is 99.0 Å². The molecule has 4 heterocycles. The molecule has 0 saturated carbocycles. The number of rotatable bonds is 3. The molecule has 0 unspecified atom stereocenters. The summed E-state index contributed by atoms with van der Waals surface area (Å²) in [6.45, 7) is 15.0. The van der Waals surface area contributed by atoms with Gasteiger partial charge in [0, 0.05) is 59.8 Å². The fourth-order valence-electron chi connectivity index (χ4n) is 6.85. The van der Waals surface area contributed by atoms with E-state index in [0.29, 0.717) is 0 Å². The summed E-state index contributed by atoms with van der Waals surface area (Å²) in [5, 5.41) is 8.48. The summed E-state index contributed by atoms with van der Waals surface area (Å²) in [5.74, 6) is 0.973. The zero-order valence-corrected chi connectivity index (χ0v) is 30.8. The largest absolute Gasteiger partial charge is 0.461 e. The highest BCUT2D eigenvalue weighted by atomic mass is 16.3. The standard InChI is InChI=1S/C30H18N2O.C9H8O.C7H12.C3H6/c1-3-7-23-19(5-1)21-15-17(9-11-24(21)31-23)18-10-12-25-22(16-18)29-26(32-25)13-14-28-30(29)20-6-2-4-8-27(20)33-28;1-7-6-8-4-2-3-5-9(8)10-7;1-4-6-7(3)5-2;1-3-2/h1-16,31-32H;2-6H,1H3;4,6H,1,5H2,2-3H3;3H,1H2,2H3. The van der Waals surface area contributed by atoms with E-state index >= 15 is 0 Å². The third-order valence-corrected chi connectivity index (χ3v) is 9.45. The number of hydrogen-bond donors (Lipinski definition) is 2. The molecule has 0 fully saturated rings. The lowest BCUT2D eigenvalue weighted by molar-refractivity contribution is 0.578. The lowest BCUT2D eigenvalue weighted by Gasteiger charge is -2.04. The number of H-pyrrole nitrogens is 2. The van der Waals surface area contributed by atoms with Crippen LogP contribution in [0.2, 0.25) is 0 Å². The van der Waals surface area contributed by atoms with E-state index in [1.54, 1.807) is 6.08 Å². The fraction of sp³-hybridized carbons (Fsp3) is 0.102. The van der Waals surface area contributed by atoms with Crippen LogP contribution in [0.4, 0.5) is 0 Å². The molecule has 4 aromatic heterocycles. The van der Waals surface area contributed by atoms with Crippen LogP contribution >= 0.6 is 0 Å². The lowest BCUT2D eigenvalue weighted by atomic mass is 9.99. The Morgan fingerprint density at radius 1 is 0.585 bits per heavy atom. The van der Waals surface area contributed by atoms with Gasteiger partial charge in [-0.25, -0.2) is 0 Å². The van der Waals surface area contributed by atoms with E-state index in [2.05, 4.69) is 122 Å². The van der Waals surface area contributed by atoms with Crippen LogP contribution in [0.15, 0.2) is 173 Å². The Balaban J connectivity index is 0.000000179. The second-order valence-electron chi connectivity index (χ2n) is 13.2. The van der Waals surface area contributed by atoms with Crippen molar-refractivity contribution < 1.29 is 8.83 Å². The van der Waals surface area contributed by atoms with Crippen molar-refractivity contribution in [1.82, 2.24) is 9.97 Å². The number of allylic oxidation sites excluding steroid dienone is 4. The van der Waals surface area contributed by atoms with E-state index in [9.17, 15) is 0 Å². The molecule has 0 spiro atoms. The van der Waals surface area contributed by atoms with Crippen molar-refractivity contribution in [2.24, 2.45) is 0 Å². The molecule has 262 valence electrons. The smallest absolute Gasteiger partial charge is 0.136 e. The third kappa shape index (κ3) is 7.04. The fourth-order valence-corrected chi connectivity index (χ4v) is 6.85. The summed E-state index contributed by atoms with van der Waals surface area (Å²) in [5.41, 5.74) is 11.2. The van der Waals surface area contributed by atoms with Crippen LogP contribution in [0.1, 0.15) is 33.0 Å². The molecule has 0 bridgehead atoms. The van der Waals surface area contributed by atoms with Gasteiger partial charge in [-0.3, -0.25) is 0 Å². The maximum Gasteiger partial charge on any atom is 0.136 e. The number of fused-ring (bicyclic) bond motifs is 11. The summed E-state index contributed by atoms with van der Waals surface area (Å²) in [6.07, 6.45) is 6.73. The number of furan rings is 2. The molecule has 4 nitrogen and oxygen atoms in total. The molecule has 0 aliphatic heterocycles. The van der Waals surface area contributed by atoms with E-state index in [-0.39, 0.29) is 0 Å². The Labute approximate surface area is 309 Å². The van der Waals surface area contributed by atoms with Crippen LogP contribution in [0.25, 0.3) is 87.6 Å². The van der Waals surface area contributed by atoms with Crippen molar-refractivity contribution in [1.29, 1.82) is 0 Å². The van der Waals surface area contributed by atoms with Crippen molar-refractivity contribution in [2.75, 3.05) is 0 Å². The zero-order chi connectivity index (χ0) is 36.9. The zero-order valence-electron chi connectivity index (χ0n) is 30.8. The van der Waals surface area contributed by atoms with E-state index in [0.717, 1.165) is 45.3 Å². The maximum absolute atomic E-state index is 6.16. The maximum atomic E-state index is 6.16. The van der Waals surface area contributed by atoms with Gasteiger partial charge in [0.1, 0.15) is 22.5 Å². The lowest BCUT2D eigenvalue weighted by Crippen LogP contribution is -1.79. The minimum atomic E-state index is 0.926. The Hall–Kier alpha value is -6.52. The second-order valence-corrected chi connectivity index (χ2v) is 13.2. The predicted molar refractivity (Wildman–Crippen MR) is 229 cm³/mol. The Morgan fingerprint density at radius 3 is 1.87 bits per heavy atom. The first-order valence-corrected chi connectivity index (χ1v) is 18.1. The van der Waals surface area contributed by atoms with Crippen LogP contribution in [-0.4, -0.2) is 9.97 Å². The van der Waals surface area contributed by atoms with Gasteiger partial charge in [0.2, 0.25) is 0 Å². The van der Waals surface area contributed by atoms with E-state index in [1.165, 1.54) is 60.1 Å². The van der Waals surface area contributed by atoms with Crippen LogP contribution in [0.5, 0.6) is 0 Å². The van der Waals surface area contributed by atoms with E-state index in [4.69, 9.17) is 8.83 Å². The predicted octanol–water partition coefficient (Wildman–Crippen LogP) is 15.0. The summed E-state index contributed by atoms with van der Waals surface area (Å²) < 4.78 is 11.5. The summed E-state index contributed by atoms with van der Waals surface area (Å²) in [7, 11) is 0. The van der Waals surface area contributed by atoms with Crippen molar-refractivity contribution >= 4 is 76.5 Å². The summed E-state index contributed by atoms with van der Waals surface area (Å²) >= 11 is 0. The van der Waals surface area contributed by atoms with Crippen molar-refractivity contribution in [3.05, 3.63) is 170 Å². The molecule has 0 atom stereocenters. The van der Waals surface area contributed by atoms with Gasteiger partial charge in [0.05, 0.1) is 0 Å². The highest BCUT2D eigenvalue weighted by Crippen LogP contribution is 2.40. The molecule has 0 radical (unpaired) electrons. The van der Waals surface area contributed by atoms with Crippen molar-refractivity contribution in [2.45, 2.75) is 34.1 Å². The van der Waals surface area contributed by atoms with Gasteiger partial charge in [-0.2, -0.15) is 0 Å². The third-order valence-electron chi connectivity index (χ3n) is 9.45. The van der Waals surface area contributed by atoms with Crippen molar-refractivity contribution in [3.63, 3.8) is 0 Å². The topological polar surface area (TPSA) is 57.9 Å². The Bertz CT molecular complexity index is 2870. The minimum Gasteiger partial charge on any atom is -0.461 e. The van der Waals surface area contributed by atoms with Gasteiger partial charge in [-0.1, -0.05) is 104 Å². The highest BCUT2D eigenvalue weighted by Gasteiger charge is 2.15. The molecule has 10 aromatic rings. The van der Waals surface area contributed by atoms with Gasteiger partial charge in [0.15, 0.2) is 0 Å². The molecule has 0 saturated heterocycles. The quantitative estimate of drug-likeness (QED) is 0.143. The monoisotopic (exact) mass is 692 g/mol. The van der Waals surface area contributed by atoms with Gasteiger partial charge >= 0.3 is 0 Å². The molecule has 2 N–H and O–H groups in total. The molecular weight excluding hydrogens is 649 g/mol. The molecule has 10 rings (SSSR count). The molecular formula is C49H44N2O2. The normalized spacial score (nSPS) is 11.4. The number of para-hydroxylation sites is 3. The number of hydrogen-bond acceptors (Lipinski definition) is 2. The average molecular weight is 693 g/mol. The minimum absolute atomic E-state index is 0.926. The number of nitrogens with one attached hydrogen (secondary N) is 2. The van der Waals surface area contributed by atoms with Crippen molar-refractivity contribution in [3.8, 4) is 11.1 Å². The first-order chi connectivity index (χ1) is 25.9. The second kappa shape index (κ2) is 15.4. The van der Waals surface area contributed by atoms with Gasteiger partial charge in [-0.15, -0.1) is 6.58 Å². The Morgan fingerprint density at radius 2 is 1.17 bits per heavy atom. The number of aromatic nitrogens is 2.